The molecular formula is C20H21ClN6O3S. The number of amides is 1. The fourth-order valence-corrected chi connectivity index (χ4v) is 4.54. The number of hydrogen-bond acceptors (Lipinski definition) is 7. The summed E-state index contributed by atoms with van der Waals surface area (Å²) in [5.41, 5.74) is 1.03. The van der Waals surface area contributed by atoms with Crippen molar-refractivity contribution in [1.29, 1.82) is 0 Å². The number of sulfone groups is 1. The highest BCUT2D eigenvalue weighted by Gasteiger charge is 2.26. The van der Waals surface area contributed by atoms with Crippen LogP contribution in [0.4, 0.5) is 0 Å². The Hall–Kier alpha value is -2.82. The van der Waals surface area contributed by atoms with Gasteiger partial charge in [0.05, 0.1) is 22.7 Å². The highest BCUT2D eigenvalue weighted by Crippen LogP contribution is 2.19. The molecular weight excluding hydrogens is 440 g/mol. The van der Waals surface area contributed by atoms with Crippen LogP contribution in [-0.4, -0.2) is 76.8 Å². The number of piperazine rings is 1. The maximum Gasteiger partial charge on any atom is 0.255 e. The van der Waals surface area contributed by atoms with E-state index in [0.29, 0.717) is 43.6 Å². The number of carbonyl (C=O) groups is 1. The monoisotopic (exact) mass is 460 g/mol. The Labute approximate surface area is 185 Å². The summed E-state index contributed by atoms with van der Waals surface area (Å²) < 4.78 is 25.7. The van der Waals surface area contributed by atoms with Crippen LogP contribution in [0.3, 0.4) is 0 Å². The van der Waals surface area contributed by atoms with Crippen LogP contribution >= 0.6 is 11.6 Å². The van der Waals surface area contributed by atoms with Crippen molar-refractivity contribution in [1.82, 2.24) is 30.0 Å². The SMILES string of the molecule is CS(=O)(=O)c1ccccc1C(=O)N1CCN(Cc2nnnn2-c2ccc(Cl)cc2)CC1. The van der Waals surface area contributed by atoms with E-state index in [1.165, 1.54) is 6.07 Å². The van der Waals surface area contributed by atoms with E-state index in [0.717, 1.165) is 11.9 Å². The van der Waals surface area contributed by atoms with Gasteiger partial charge in [0.15, 0.2) is 15.7 Å². The fraction of sp³-hybridized carbons (Fsp3) is 0.300. The van der Waals surface area contributed by atoms with Crippen LogP contribution in [0, 0.1) is 0 Å². The molecule has 0 N–H and O–H groups in total. The molecule has 1 aromatic heterocycles. The predicted octanol–water partition coefficient (Wildman–Crippen LogP) is 1.68. The summed E-state index contributed by atoms with van der Waals surface area (Å²) in [6.45, 7) is 2.75. The zero-order valence-electron chi connectivity index (χ0n) is 16.8. The number of rotatable bonds is 5. The maximum absolute atomic E-state index is 13.0. The van der Waals surface area contributed by atoms with E-state index < -0.39 is 9.84 Å². The topological polar surface area (TPSA) is 101 Å². The summed E-state index contributed by atoms with van der Waals surface area (Å²) in [5.74, 6) is 0.413. The Kier molecular flexibility index (Phi) is 6.03. The van der Waals surface area contributed by atoms with Gasteiger partial charge in [0, 0.05) is 37.5 Å². The van der Waals surface area contributed by atoms with Crippen LogP contribution in [-0.2, 0) is 16.4 Å². The van der Waals surface area contributed by atoms with Crippen molar-refractivity contribution < 1.29 is 13.2 Å². The van der Waals surface area contributed by atoms with E-state index in [1.54, 1.807) is 39.9 Å². The summed E-state index contributed by atoms with van der Waals surface area (Å²) >= 11 is 5.95. The standard InChI is InChI=1S/C20H21ClN6O3S/c1-31(29,30)18-5-3-2-4-17(18)20(28)26-12-10-25(11-13-26)14-19-22-23-24-27(19)16-8-6-15(21)7-9-16/h2-9H,10-14H2,1H3. The van der Waals surface area contributed by atoms with Crippen molar-refractivity contribution in [2.75, 3.05) is 32.4 Å². The Bertz CT molecular complexity index is 1190. The van der Waals surface area contributed by atoms with Gasteiger partial charge in [-0.3, -0.25) is 9.69 Å². The van der Waals surface area contributed by atoms with E-state index in [-0.39, 0.29) is 16.4 Å². The first kappa shape index (κ1) is 21.4. The first-order valence-corrected chi connectivity index (χ1v) is 11.9. The molecule has 0 saturated carbocycles. The molecule has 4 rings (SSSR count). The van der Waals surface area contributed by atoms with E-state index in [9.17, 15) is 13.2 Å². The lowest BCUT2D eigenvalue weighted by molar-refractivity contribution is 0.0620. The molecule has 162 valence electrons. The van der Waals surface area contributed by atoms with Crippen LogP contribution in [0.2, 0.25) is 5.02 Å². The zero-order chi connectivity index (χ0) is 22.0. The van der Waals surface area contributed by atoms with Crippen LogP contribution in [0.15, 0.2) is 53.4 Å². The number of hydrogen-bond donors (Lipinski definition) is 0. The quantitative estimate of drug-likeness (QED) is 0.570. The van der Waals surface area contributed by atoms with E-state index in [4.69, 9.17) is 11.6 Å². The van der Waals surface area contributed by atoms with Crippen LogP contribution in [0.5, 0.6) is 0 Å². The third kappa shape index (κ3) is 4.76. The molecule has 1 aliphatic rings. The van der Waals surface area contributed by atoms with Crippen molar-refractivity contribution in [2.45, 2.75) is 11.4 Å². The first-order chi connectivity index (χ1) is 14.8. The molecule has 0 unspecified atom stereocenters. The molecule has 0 bridgehead atoms. The minimum absolute atomic E-state index is 0.0598. The molecule has 0 radical (unpaired) electrons. The highest BCUT2D eigenvalue weighted by molar-refractivity contribution is 7.90. The maximum atomic E-state index is 13.0. The van der Waals surface area contributed by atoms with Gasteiger partial charge in [-0.1, -0.05) is 23.7 Å². The molecule has 1 amide bonds. The number of halogens is 1. The number of carbonyl (C=O) groups excluding carboxylic acids is 1. The minimum Gasteiger partial charge on any atom is -0.336 e. The minimum atomic E-state index is -3.49. The Morgan fingerprint density at radius 3 is 2.39 bits per heavy atom. The molecule has 2 aromatic carbocycles. The summed E-state index contributed by atoms with van der Waals surface area (Å²) in [6.07, 6.45) is 1.11. The molecule has 9 nitrogen and oxygen atoms in total. The average Bonchev–Trinajstić information content (AvgIpc) is 3.22. The van der Waals surface area contributed by atoms with Gasteiger partial charge in [0.1, 0.15) is 0 Å². The molecule has 2 heterocycles. The zero-order valence-corrected chi connectivity index (χ0v) is 18.4. The fourth-order valence-electron chi connectivity index (χ4n) is 3.53. The highest BCUT2D eigenvalue weighted by atomic mass is 35.5. The number of aromatic nitrogens is 4. The molecule has 1 saturated heterocycles. The second kappa shape index (κ2) is 8.74. The van der Waals surface area contributed by atoms with Crippen molar-refractivity contribution in [3.63, 3.8) is 0 Å². The third-order valence-corrected chi connectivity index (χ3v) is 6.55. The molecule has 1 fully saturated rings. The van der Waals surface area contributed by atoms with E-state index in [1.807, 2.05) is 12.1 Å². The smallest absolute Gasteiger partial charge is 0.255 e. The first-order valence-electron chi connectivity index (χ1n) is 9.67. The molecule has 0 aliphatic carbocycles. The summed E-state index contributed by atoms with van der Waals surface area (Å²) in [5, 5.41) is 12.6. The Morgan fingerprint density at radius 1 is 1.03 bits per heavy atom. The largest absolute Gasteiger partial charge is 0.336 e. The van der Waals surface area contributed by atoms with Gasteiger partial charge in [-0.15, -0.1) is 5.10 Å². The van der Waals surface area contributed by atoms with Crippen molar-refractivity contribution in [3.05, 3.63) is 64.9 Å². The number of tetrazole rings is 1. The van der Waals surface area contributed by atoms with Gasteiger partial charge >= 0.3 is 0 Å². The van der Waals surface area contributed by atoms with Crippen LogP contribution in [0.25, 0.3) is 5.69 Å². The van der Waals surface area contributed by atoms with Gasteiger partial charge < -0.3 is 4.90 Å². The third-order valence-electron chi connectivity index (χ3n) is 5.15. The number of benzene rings is 2. The Morgan fingerprint density at radius 2 is 1.71 bits per heavy atom. The van der Waals surface area contributed by atoms with Gasteiger partial charge in [-0.25, -0.2) is 8.42 Å². The second-order valence-electron chi connectivity index (χ2n) is 7.32. The molecule has 31 heavy (non-hydrogen) atoms. The summed E-state index contributed by atoms with van der Waals surface area (Å²) in [4.78, 5) is 16.9. The lowest BCUT2D eigenvalue weighted by atomic mass is 10.2. The van der Waals surface area contributed by atoms with Crippen LogP contribution in [0.1, 0.15) is 16.2 Å². The second-order valence-corrected chi connectivity index (χ2v) is 9.74. The van der Waals surface area contributed by atoms with E-state index >= 15 is 0 Å². The summed E-state index contributed by atoms with van der Waals surface area (Å²) in [7, 11) is -3.49. The van der Waals surface area contributed by atoms with Crippen molar-refractivity contribution in [2.24, 2.45) is 0 Å². The van der Waals surface area contributed by atoms with Crippen molar-refractivity contribution >= 4 is 27.3 Å². The summed E-state index contributed by atoms with van der Waals surface area (Å²) in [6, 6.07) is 13.6. The molecule has 11 heteroatoms. The molecule has 0 atom stereocenters. The molecule has 3 aromatic rings. The average molecular weight is 461 g/mol. The van der Waals surface area contributed by atoms with Crippen molar-refractivity contribution in [3.8, 4) is 5.69 Å². The normalized spacial score (nSPS) is 15.2. The number of nitrogens with zero attached hydrogens (tertiary/aromatic N) is 6. The lowest BCUT2D eigenvalue weighted by Crippen LogP contribution is -2.48. The van der Waals surface area contributed by atoms with Gasteiger partial charge in [-0.05, 0) is 46.8 Å². The molecule has 1 aliphatic heterocycles. The predicted molar refractivity (Wildman–Crippen MR) is 115 cm³/mol. The van der Waals surface area contributed by atoms with E-state index in [2.05, 4.69) is 20.4 Å². The Balaban J connectivity index is 1.42. The van der Waals surface area contributed by atoms with Gasteiger partial charge in [-0.2, -0.15) is 4.68 Å². The van der Waals surface area contributed by atoms with Crippen LogP contribution < -0.4 is 0 Å². The van der Waals surface area contributed by atoms with Gasteiger partial charge in [0.2, 0.25) is 0 Å². The molecule has 0 spiro atoms. The van der Waals surface area contributed by atoms with Gasteiger partial charge in [0.25, 0.3) is 5.91 Å². The lowest BCUT2D eigenvalue weighted by Gasteiger charge is -2.34.